The van der Waals surface area contributed by atoms with E-state index in [1.54, 1.807) is 12.1 Å². The van der Waals surface area contributed by atoms with E-state index in [1.807, 2.05) is 0 Å². The van der Waals surface area contributed by atoms with Crippen LogP contribution >= 0.6 is 15.9 Å². The van der Waals surface area contributed by atoms with Crippen LogP contribution in [-0.2, 0) is 0 Å². The highest BCUT2D eigenvalue weighted by atomic mass is 79.9. The molecule has 5 N–H and O–H groups in total. The Morgan fingerprint density at radius 1 is 0.966 bits per heavy atom. The van der Waals surface area contributed by atoms with Gasteiger partial charge in [0.05, 0.1) is 11.3 Å². The van der Waals surface area contributed by atoms with Crippen LogP contribution in [0.4, 0.5) is 15.9 Å². The highest BCUT2D eigenvalue weighted by Gasteiger charge is 2.16. The largest absolute Gasteiger partial charge is 0.384 e. The van der Waals surface area contributed by atoms with E-state index < -0.39 is 17.6 Å². The lowest BCUT2D eigenvalue weighted by Gasteiger charge is -2.12. The van der Waals surface area contributed by atoms with Crippen molar-refractivity contribution in [3.8, 4) is 0 Å². The number of anilines is 2. The van der Waals surface area contributed by atoms with Gasteiger partial charge in [-0.1, -0.05) is 12.1 Å². The molecule has 1 aromatic heterocycles. The highest BCUT2D eigenvalue weighted by molar-refractivity contribution is 9.10. The van der Waals surface area contributed by atoms with Crippen LogP contribution in [0.3, 0.4) is 0 Å². The van der Waals surface area contributed by atoms with Crippen molar-refractivity contribution >= 4 is 45.1 Å². The minimum atomic E-state index is -0.624. The third kappa shape index (κ3) is 5.02. The van der Waals surface area contributed by atoms with E-state index in [2.05, 4.69) is 31.5 Å². The molecule has 1 heterocycles. The summed E-state index contributed by atoms with van der Waals surface area (Å²) in [5, 5.41) is 12.5. The fourth-order valence-corrected chi connectivity index (χ4v) is 2.68. The molecule has 0 radical (unpaired) electrons. The van der Waals surface area contributed by atoms with Crippen LogP contribution in [0, 0.1) is 11.2 Å². The van der Waals surface area contributed by atoms with Crippen LogP contribution in [0.2, 0.25) is 0 Å². The molecule has 0 saturated heterocycles. The number of aromatic nitrogens is 1. The first-order valence-electron chi connectivity index (χ1n) is 8.32. The van der Waals surface area contributed by atoms with Crippen molar-refractivity contribution in [3.63, 3.8) is 0 Å². The quantitative estimate of drug-likeness (QED) is 0.345. The Morgan fingerprint density at radius 2 is 1.66 bits per heavy atom. The third-order valence-electron chi connectivity index (χ3n) is 3.90. The Balaban J connectivity index is 1.82. The summed E-state index contributed by atoms with van der Waals surface area (Å²) in [5.74, 6) is -1.58. The van der Waals surface area contributed by atoms with Gasteiger partial charge in [0.2, 0.25) is 0 Å². The summed E-state index contributed by atoms with van der Waals surface area (Å²) in [6.45, 7) is 0. The molecular formula is C20H15BrFN5O2. The molecule has 7 nitrogen and oxygen atoms in total. The number of benzene rings is 2. The zero-order chi connectivity index (χ0) is 21.0. The van der Waals surface area contributed by atoms with Gasteiger partial charge in [0.25, 0.3) is 11.8 Å². The number of nitrogens with one attached hydrogen (secondary N) is 3. The zero-order valence-corrected chi connectivity index (χ0v) is 16.5. The SMILES string of the molecule is N=C(N)c1ccc(C(=O)Nc2ccc(F)cc2C(=O)Nc2ccc(Br)cn2)cc1. The average Bonchev–Trinajstić information content (AvgIpc) is 2.71. The second kappa shape index (κ2) is 8.61. The van der Waals surface area contributed by atoms with Crippen LogP contribution in [0.15, 0.2) is 65.3 Å². The first-order chi connectivity index (χ1) is 13.8. The number of nitrogens with two attached hydrogens (primary N) is 1. The van der Waals surface area contributed by atoms with Gasteiger partial charge in [0.1, 0.15) is 17.5 Å². The lowest BCUT2D eigenvalue weighted by molar-refractivity contribution is 0.102. The number of carbonyl (C=O) groups excluding carboxylic acids is 2. The van der Waals surface area contributed by atoms with E-state index in [-0.39, 0.29) is 22.9 Å². The second-order valence-electron chi connectivity index (χ2n) is 5.95. The number of halogens is 2. The van der Waals surface area contributed by atoms with Crippen molar-refractivity contribution in [2.24, 2.45) is 5.73 Å². The van der Waals surface area contributed by atoms with Crippen molar-refractivity contribution in [2.45, 2.75) is 0 Å². The Bertz CT molecular complexity index is 1090. The molecule has 2 amide bonds. The average molecular weight is 456 g/mol. The molecule has 3 aromatic rings. The molecule has 0 aliphatic rings. The summed E-state index contributed by atoms with van der Waals surface area (Å²) in [5.41, 5.74) is 6.25. The number of amidine groups is 1. The van der Waals surface area contributed by atoms with Gasteiger partial charge in [0.15, 0.2) is 0 Å². The predicted octanol–water partition coefficient (Wildman–Crippen LogP) is 3.77. The highest BCUT2D eigenvalue weighted by Crippen LogP contribution is 2.20. The van der Waals surface area contributed by atoms with Crippen LogP contribution in [0.5, 0.6) is 0 Å². The molecule has 0 aliphatic heterocycles. The van der Waals surface area contributed by atoms with Crippen molar-refractivity contribution in [3.05, 3.63) is 87.8 Å². The Morgan fingerprint density at radius 3 is 2.28 bits per heavy atom. The fourth-order valence-electron chi connectivity index (χ4n) is 2.44. The lowest BCUT2D eigenvalue weighted by Crippen LogP contribution is -2.19. The number of carbonyl (C=O) groups is 2. The number of nitrogens with zero attached hydrogens (tertiary/aromatic N) is 1. The summed E-state index contributed by atoms with van der Waals surface area (Å²) in [6, 6.07) is 12.8. The van der Waals surface area contributed by atoms with Gasteiger partial charge >= 0.3 is 0 Å². The number of pyridine rings is 1. The molecule has 0 saturated carbocycles. The summed E-state index contributed by atoms with van der Waals surface area (Å²) >= 11 is 3.25. The van der Waals surface area contributed by atoms with Gasteiger partial charge < -0.3 is 16.4 Å². The number of hydrogen-bond donors (Lipinski definition) is 4. The van der Waals surface area contributed by atoms with Crippen LogP contribution in [-0.4, -0.2) is 22.6 Å². The first-order valence-corrected chi connectivity index (χ1v) is 9.11. The maximum absolute atomic E-state index is 13.7. The zero-order valence-electron chi connectivity index (χ0n) is 14.9. The van der Waals surface area contributed by atoms with E-state index in [4.69, 9.17) is 11.1 Å². The normalized spacial score (nSPS) is 10.3. The molecule has 146 valence electrons. The molecule has 29 heavy (non-hydrogen) atoms. The van der Waals surface area contributed by atoms with Gasteiger partial charge in [0, 0.05) is 21.8 Å². The van der Waals surface area contributed by atoms with Crippen LogP contribution in [0.1, 0.15) is 26.3 Å². The van der Waals surface area contributed by atoms with E-state index in [1.165, 1.54) is 36.5 Å². The lowest BCUT2D eigenvalue weighted by atomic mass is 10.1. The smallest absolute Gasteiger partial charge is 0.259 e. The molecule has 9 heteroatoms. The second-order valence-corrected chi connectivity index (χ2v) is 6.87. The summed E-state index contributed by atoms with van der Waals surface area (Å²) < 4.78 is 14.5. The van der Waals surface area contributed by atoms with Gasteiger partial charge in [-0.2, -0.15) is 0 Å². The number of hydrogen-bond acceptors (Lipinski definition) is 4. The topological polar surface area (TPSA) is 121 Å². The molecule has 0 aliphatic carbocycles. The maximum Gasteiger partial charge on any atom is 0.259 e. The Hall–Kier alpha value is -3.59. The number of amides is 2. The number of rotatable bonds is 5. The molecule has 0 bridgehead atoms. The van der Waals surface area contributed by atoms with Crippen molar-refractivity contribution in [1.29, 1.82) is 5.41 Å². The van der Waals surface area contributed by atoms with E-state index in [9.17, 15) is 14.0 Å². The molecule has 0 fully saturated rings. The molecule has 0 spiro atoms. The third-order valence-corrected chi connectivity index (χ3v) is 4.37. The monoisotopic (exact) mass is 455 g/mol. The maximum atomic E-state index is 13.7. The Labute approximate surface area is 173 Å². The van der Waals surface area contributed by atoms with Crippen molar-refractivity contribution < 1.29 is 14.0 Å². The fraction of sp³-hybridized carbons (Fsp3) is 0. The summed E-state index contributed by atoms with van der Waals surface area (Å²) in [6.07, 6.45) is 1.51. The molecule has 3 rings (SSSR count). The molecule has 0 unspecified atom stereocenters. The van der Waals surface area contributed by atoms with E-state index in [0.717, 1.165) is 16.6 Å². The van der Waals surface area contributed by atoms with Gasteiger partial charge in [-0.05, 0) is 58.4 Å². The van der Waals surface area contributed by atoms with E-state index >= 15 is 0 Å². The van der Waals surface area contributed by atoms with Gasteiger partial charge in [-0.3, -0.25) is 15.0 Å². The molecule has 0 atom stereocenters. The van der Waals surface area contributed by atoms with Gasteiger partial charge in [-0.15, -0.1) is 0 Å². The summed E-state index contributed by atoms with van der Waals surface area (Å²) in [7, 11) is 0. The summed E-state index contributed by atoms with van der Waals surface area (Å²) in [4.78, 5) is 29.1. The molecule has 2 aromatic carbocycles. The minimum Gasteiger partial charge on any atom is -0.384 e. The van der Waals surface area contributed by atoms with Gasteiger partial charge in [-0.25, -0.2) is 9.37 Å². The first kappa shape index (κ1) is 20.2. The predicted molar refractivity (Wildman–Crippen MR) is 112 cm³/mol. The van der Waals surface area contributed by atoms with E-state index in [0.29, 0.717) is 11.1 Å². The molecular weight excluding hydrogens is 441 g/mol. The Kier molecular flexibility index (Phi) is 5.99. The van der Waals surface area contributed by atoms with Crippen molar-refractivity contribution in [1.82, 2.24) is 4.98 Å². The standard InChI is InChI=1S/C20H15BrFN5O2/c21-13-5-8-17(25-10-13)27-20(29)15-9-14(22)6-7-16(15)26-19(28)12-3-1-11(2-4-12)18(23)24/h1-10H,(H3,23,24)(H,26,28)(H,25,27,29). The number of nitrogen functional groups attached to an aromatic ring is 1. The van der Waals surface area contributed by atoms with Crippen LogP contribution < -0.4 is 16.4 Å². The van der Waals surface area contributed by atoms with Crippen molar-refractivity contribution in [2.75, 3.05) is 10.6 Å². The van der Waals surface area contributed by atoms with Crippen LogP contribution in [0.25, 0.3) is 0 Å². The minimum absolute atomic E-state index is 0.0524.